The van der Waals surface area contributed by atoms with Crippen molar-refractivity contribution in [2.24, 2.45) is 0 Å². The van der Waals surface area contributed by atoms with Gasteiger partial charge >= 0.3 is 0 Å². The van der Waals surface area contributed by atoms with E-state index in [1.54, 1.807) is 0 Å². The summed E-state index contributed by atoms with van der Waals surface area (Å²) in [7, 11) is 1.94. The molecule has 3 rings (SSSR count). The first kappa shape index (κ1) is 16.2. The average Bonchev–Trinajstić information content (AvgIpc) is 2.56. The fourth-order valence-electron chi connectivity index (χ4n) is 3.31. The molecular formula is C19H23ClN2O. The molecule has 2 N–H and O–H groups in total. The molecule has 2 aromatic carbocycles. The maximum atomic E-state index is 11.0. The van der Waals surface area contributed by atoms with Crippen molar-refractivity contribution in [1.82, 2.24) is 0 Å². The topological polar surface area (TPSA) is 35.5 Å². The van der Waals surface area contributed by atoms with Gasteiger partial charge in [-0.3, -0.25) is 0 Å². The van der Waals surface area contributed by atoms with Crippen molar-refractivity contribution < 1.29 is 5.11 Å². The van der Waals surface area contributed by atoms with E-state index < -0.39 is 5.60 Å². The van der Waals surface area contributed by atoms with Gasteiger partial charge < -0.3 is 15.3 Å². The van der Waals surface area contributed by atoms with Crippen LogP contribution in [0.5, 0.6) is 0 Å². The normalized spacial score (nSPS) is 17.1. The third kappa shape index (κ3) is 3.31. The van der Waals surface area contributed by atoms with Crippen molar-refractivity contribution in [3.63, 3.8) is 0 Å². The minimum atomic E-state index is -0.749. The van der Waals surface area contributed by atoms with Crippen molar-refractivity contribution >= 4 is 23.0 Å². The Hall–Kier alpha value is -1.71. The quantitative estimate of drug-likeness (QED) is 0.886. The first-order valence-electron chi connectivity index (χ1n) is 8.04. The Labute approximate surface area is 142 Å². The van der Waals surface area contributed by atoms with Gasteiger partial charge in [-0.15, -0.1) is 0 Å². The van der Waals surface area contributed by atoms with Crippen LogP contribution in [0.1, 0.15) is 24.0 Å². The average molecular weight is 331 g/mol. The van der Waals surface area contributed by atoms with Crippen LogP contribution in [0, 0.1) is 6.92 Å². The number of piperidine rings is 1. The summed E-state index contributed by atoms with van der Waals surface area (Å²) in [6.07, 6.45) is 1.45. The molecular weight excluding hydrogens is 308 g/mol. The van der Waals surface area contributed by atoms with Gasteiger partial charge in [0.1, 0.15) is 0 Å². The van der Waals surface area contributed by atoms with Crippen LogP contribution in [0.25, 0.3) is 0 Å². The molecule has 0 aliphatic carbocycles. The van der Waals surface area contributed by atoms with Gasteiger partial charge in [-0.05, 0) is 61.2 Å². The molecule has 1 heterocycles. The number of aryl methyl sites for hydroxylation is 1. The molecule has 122 valence electrons. The van der Waals surface area contributed by atoms with Crippen LogP contribution in [-0.4, -0.2) is 25.2 Å². The first-order chi connectivity index (χ1) is 11.0. The van der Waals surface area contributed by atoms with Gasteiger partial charge in [-0.25, -0.2) is 0 Å². The number of benzene rings is 2. The summed E-state index contributed by atoms with van der Waals surface area (Å²) >= 11 is 5.94. The molecule has 1 fully saturated rings. The Kier molecular flexibility index (Phi) is 4.51. The van der Waals surface area contributed by atoms with Crippen LogP contribution in [0.4, 0.5) is 11.4 Å². The number of hydrogen-bond acceptors (Lipinski definition) is 3. The molecule has 0 bridgehead atoms. The number of rotatable bonds is 3. The Morgan fingerprint density at radius 2 is 1.74 bits per heavy atom. The van der Waals surface area contributed by atoms with Crippen molar-refractivity contribution in [3.05, 3.63) is 58.6 Å². The van der Waals surface area contributed by atoms with Gasteiger partial charge in [0, 0.05) is 36.5 Å². The zero-order chi connectivity index (χ0) is 16.4. The summed E-state index contributed by atoms with van der Waals surface area (Å²) in [6, 6.07) is 14.0. The molecule has 0 spiro atoms. The maximum Gasteiger partial charge on any atom is 0.0930 e. The summed E-state index contributed by atoms with van der Waals surface area (Å²) in [5.74, 6) is 0. The fourth-order valence-corrected chi connectivity index (χ4v) is 3.43. The molecule has 4 heteroatoms. The van der Waals surface area contributed by atoms with E-state index in [9.17, 15) is 5.11 Å². The van der Waals surface area contributed by atoms with Crippen LogP contribution < -0.4 is 10.2 Å². The predicted octanol–water partition coefficient (Wildman–Crippen LogP) is 4.18. The minimum Gasteiger partial charge on any atom is -0.388 e. The van der Waals surface area contributed by atoms with Gasteiger partial charge in [-0.1, -0.05) is 23.7 Å². The van der Waals surface area contributed by atoms with Gasteiger partial charge in [0.25, 0.3) is 0 Å². The van der Waals surface area contributed by atoms with E-state index in [1.165, 1.54) is 11.3 Å². The van der Waals surface area contributed by atoms with Gasteiger partial charge in [-0.2, -0.15) is 0 Å². The van der Waals surface area contributed by atoms with Crippen LogP contribution in [0.15, 0.2) is 42.5 Å². The van der Waals surface area contributed by atoms with Crippen LogP contribution in [0.3, 0.4) is 0 Å². The van der Waals surface area contributed by atoms with E-state index in [0.29, 0.717) is 5.02 Å². The van der Waals surface area contributed by atoms with Crippen molar-refractivity contribution in [1.29, 1.82) is 0 Å². The molecule has 0 amide bonds. The van der Waals surface area contributed by atoms with Gasteiger partial charge in [0.2, 0.25) is 0 Å². The molecule has 0 saturated carbocycles. The highest BCUT2D eigenvalue weighted by Gasteiger charge is 2.34. The highest BCUT2D eigenvalue weighted by molar-refractivity contribution is 6.30. The van der Waals surface area contributed by atoms with E-state index >= 15 is 0 Å². The standard InChI is InChI=1S/C19H23ClN2O/c1-14-13-17(7-8-18(14)21-2)22-11-9-19(23,10-12-22)15-3-5-16(20)6-4-15/h3-8,13,21,23H,9-12H2,1-2H3. The largest absolute Gasteiger partial charge is 0.388 e. The van der Waals surface area contributed by atoms with Crippen LogP contribution >= 0.6 is 11.6 Å². The molecule has 2 aromatic rings. The molecule has 1 aliphatic heterocycles. The first-order valence-corrected chi connectivity index (χ1v) is 8.41. The van der Waals surface area contributed by atoms with Gasteiger partial charge in [0.05, 0.1) is 5.60 Å². The zero-order valence-electron chi connectivity index (χ0n) is 13.6. The summed E-state index contributed by atoms with van der Waals surface area (Å²) in [5.41, 5.74) is 3.83. The van der Waals surface area contributed by atoms with E-state index in [4.69, 9.17) is 11.6 Å². The third-order valence-electron chi connectivity index (χ3n) is 4.82. The number of nitrogens with one attached hydrogen (secondary N) is 1. The number of hydrogen-bond donors (Lipinski definition) is 2. The second-order valence-electron chi connectivity index (χ2n) is 6.27. The molecule has 0 unspecified atom stereocenters. The van der Waals surface area contributed by atoms with Crippen molar-refractivity contribution in [2.45, 2.75) is 25.4 Å². The van der Waals surface area contributed by atoms with E-state index in [-0.39, 0.29) is 0 Å². The number of halogens is 1. The monoisotopic (exact) mass is 330 g/mol. The minimum absolute atomic E-state index is 0.704. The van der Waals surface area contributed by atoms with Crippen molar-refractivity contribution in [3.8, 4) is 0 Å². The highest BCUT2D eigenvalue weighted by atomic mass is 35.5. The summed E-state index contributed by atoms with van der Waals surface area (Å²) in [6.45, 7) is 3.80. The lowest BCUT2D eigenvalue weighted by Crippen LogP contribution is -2.42. The summed E-state index contributed by atoms with van der Waals surface area (Å²) in [4.78, 5) is 2.34. The predicted molar refractivity (Wildman–Crippen MR) is 97.5 cm³/mol. The fraction of sp³-hybridized carbons (Fsp3) is 0.368. The Morgan fingerprint density at radius 1 is 1.09 bits per heavy atom. The Morgan fingerprint density at radius 3 is 2.30 bits per heavy atom. The SMILES string of the molecule is CNc1ccc(N2CCC(O)(c3ccc(Cl)cc3)CC2)cc1C. The lowest BCUT2D eigenvalue weighted by atomic mass is 9.84. The van der Waals surface area contributed by atoms with Gasteiger partial charge in [0.15, 0.2) is 0 Å². The van der Waals surface area contributed by atoms with E-state index in [0.717, 1.165) is 37.2 Å². The lowest BCUT2D eigenvalue weighted by Gasteiger charge is -2.39. The molecule has 1 saturated heterocycles. The Balaban J connectivity index is 1.72. The molecule has 1 aliphatic rings. The number of nitrogens with zero attached hydrogens (tertiary/aromatic N) is 1. The van der Waals surface area contributed by atoms with Crippen molar-refractivity contribution in [2.75, 3.05) is 30.4 Å². The van der Waals surface area contributed by atoms with E-state index in [2.05, 4.69) is 35.3 Å². The van der Waals surface area contributed by atoms with Crippen LogP contribution in [-0.2, 0) is 5.60 Å². The Bertz CT molecular complexity index is 676. The summed E-state index contributed by atoms with van der Waals surface area (Å²) in [5, 5.41) is 14.9. The molecule has 3 nitrogen and oxygen atoms in total. The molecule has 0 radical (unpaired) electrons. The molecule has 0 aromatic heterocycles. The second kappa shape index (κ2) is 6.42. The summed E-state index contributed by atoms with van der Waals surface area (Å²) < 4.78 is 0. The van der Waals surface area contributed by atoms with E-state index in [1.807, 2.05) is 31.3 Å². The molecule has 23 heavy (non-hydrogen) atoms. The lowest BCUT2D eigenvalue weighted by molar-refractivity contribution is 0.0118. The number of anilines is 2. The third-order valence-corrected chi connectivity index (χ3v) is 5.07. The number of aliphatic hydroxyl groups is 1. The second-order valence-corrected chi connectivity index (χ2v) is 6.71. The zero-order valence-corrected chi connectivity index (χ0v) is 14.4. The molecule has 0 atom stereocenters. The smallest absolute Gasteiger partial charge is 0.0930 e. The van der Waals surface area contributed by atoms with Crippen LogP contribution in [0.2, 0.25) is 5.02 Å². The highest BCUT2D eigenvalue weighted by Crippen LogP contribution is 2.35. The maximum absolute atomic E-state index is 11.0.